The summed E-state index contributed by atoms with van der Waals surface area (Å²) in [6.45, 7) is 1.65. The van der Waals surface area contributed by atoms with Crippen molar-refractivity contribution >= 4 is 18.0 Å². The van der Waals surface area contributed by atoms with Crippen LogP contribution in [0, 0.1) is 5.92 Å². The normalized spacial score (nSPS) is 30.5. The number of carbonyl (C=O) groups is 3. The van der Waals surface area contributed by atoms with Crippen molar-refractivity contribution in [2.75, 3.05) is 6.61 Å². The minimum Gasteiger partial charge on any atom is -0.431 e. The van der Waals surface area contributed by atoms with Crippen molar-refractivity contribution in [2.24, 2.45) is 5.92 Å². The third-order valence-corrected chi connectivity index (χ3v) is 5.81. The second kappa shape index (κ2) is 12.6. The molecule has 13 heteroatoms. The van der Waals surface area contributed by atoms with E-state index in [1.807, 2.05) is 0 Å². The molecule has 1 aliphatic carbocycles. The highest BCUT2D eigenvalue weighted by molar-refractivity contribution is 5.78. The fraction of sp³-hybridized carbons (Fsp3) is 0.857. The van der Waals surface area contributed by atoms with Gasteiger partial charge in [-0.15, -0.1) is 0 Å². The molecule has 0 spiro atoms. The Balaban J connectivity index is 2.02. The highest BCUT2D eigenvalue weighted by Crippen LogP contribution is 2.36. The van der Waals surface area contributed by atoms with Gasteiger partial charge in [0.15, 0.2) is 0 Å². The van der Waals surface area contributed by atoms with Crippen LogP contribution in [0.25, 0.3) is 0 Å². The Morgan fingerprint density at radius 3 is 2.38 bits per heavy atom. The first kappa shape index (κ1) is 28.2. The summed E-state index contributed by atoms with van der Waals surface area (Å²) >= 11 is 0. The molecule has 2 rings (SSSR count). The van der Waals surface area contributed by atoms with Crippen molar-refractivity contribution in [2.45, 2.75) is 102 Å². The van der Waals surface area contributed by atoms with Crippen molar-refractivity contribution < 1.29 is 58.9 Å². The number of aliphatic hydroxyl groups excluding tert-OH is 4. The van der Waals surface area contributed by atoms with E-state index in [1.54, 1.807) is 0 Å². The van der Waals surface area contributed by atoms with E-state index in [1.165, 1.54) is 6.92 Å². The number of hydrogen-bond acceptors (Lipinski definition) is 12. The van der Waals surface area contributed by atoms with E-state index in [2.05, 4.69) is 5.32 Å². The standard InChI is InChI=1S/C21H35NO12/c1-11(24)22-18(27)17-15(26)9-21(30,34-16(17)8-13(25)10-23)19(28)31-12(2)32-20(29)33-14-6-4-3-5-7-14/h12-18,23,25-27,30H,3-10H2,1-2H3,(H,22,24)/t12?,13-,15?,16?,17?,18-,21?/m0/s1. The summed E-state index contributed by atoms with van der Waals surface area (Å²) in [4.78, 5) is 35.9. The molecule has 6 N–H and O–H groups in total. The van der Waals surface area contributed by atoms with E-state index >= 15 is 0 Å². The molecule has 0 aromatic rings. The average Bonchev–Trinajstić information content (AvgIpc) is 2.73. The van der Waals surface area contributed by atoms with E-state index < -0.39 is 80.0 Å². The molecule has 0 aromatic carbocycles. The molecule has 0 aromatic heterocycles. The van der Waals surface area contributed by atoms with Crippen LogP contribution in [-0.4, -0.2) is 92.9 Å². The molecule has 2 fully saturated rings. The van der Waals surface area contributed by atoms with Crippen molar-refractivity contribution in [3.05, 3.63) is 0 Å². The quantitative estimate of drug-likeness (QED) is 0.169. The highest BCUT2D eigenvalue weighted by atomic mass is 16.8. The van der Waals surface area contributed by atoms with Gasteiger partial charge >= 0.3 is 12.1 Å². The van der Waals surface area contributed by atoms with Gasteiger partial charge in [-0.05, 0) is 25.7 Å². The largest absolute Gasteiger partial charge is 0.511 e. The first-order valence-corrected chi connectivity index (χ1v) is 11.4. The predicted octanol–water partition coefficient (Wildman–Crippen LogP) is -0.986. The smallest absolute Gasteiger partial charge is 0.431 e. The molecule has 0 radical (unpaired) electrons. The second-order valence-electron chi connectivity index (χ2n) is 8.73. The van der Waals surface area contributed by atoms with Gasteiger partial charge in [0.25, 0.3) is 5.79 Å². The molecule has 34 heavy (non-hydrogen) atoms. The minimum atomic E-state index is -2.73. The number of rotatable bonds is 9. The third kappa shape index (κ3) is 8.03. The minimum absolute atomic E-state index is 0.282. The number of ether oxygens (including phenoxy) is 4. The maximum absolute atomic E-state index is 12.6. The molecule has 0 bridgehead atoms. The number of amides is 1. The van der Waals surface area contributed by atoms with Gasteiger partial charge in [0.1, 0.15) is 12.3 Å². The Kier molecular flexibility index (Phi) is 10.5. The number of carbonyl (C=O) groups excluding carboxylic acids is 3. The van der Waals surface area contributed by atoms with Crippen LogP contribution in [0.1, 0.15) is 58.8 Å². The first-order valence-electron chi connectivity index (χ1n) is 11.4. The Labute approximate surface area is 196 Å². The molecule has 2 aliphatic rings. The maximum atomic E-state index is 12.6. The molecule has 196 valence electrons. The molecule has 1 amide bonds. The lowest BCUT2D eigenvalue weighted by Gasteiger charge is -2.45. The van der Waals surface area contributed by atoms with Gasteiger partial charge in [0, 0.05) is 26.7 Å². The summed E-state index contributed by atoms with van der Waals surface area (Å²) in [6.07, 6.45) is -5.57. The van der Waals surface area contributed by atoms with E-state index in [0.717, 1.165) is 26.2 Å². The van der Waals surface area contributed by atoms with Crippen LogP contribution in [0.15, 0.2) is 0 Å². The zero-order valence-electron chi connectivity index (χ0n) is 19.3. The Bertz CT molecular complexity index is 699. The summed E-state index contributed by atoms with van der Waals surface area (Å²) in [5, 5.41) is 52.7. The van der Waals surface area contributed by atoms with Gasteiger partial charge in [-0.25, -0.2) is 9.59 Å². The van der Waals surface area contributed by atoms with Gasteiger partial charge < -0.3 is 49.8 Å². The number of hydrogen-bond donors (Lipinski definition) is 6. The summed E-state index contributed by atoms with van der Waals surface area (Å²) in [6, 6.07) is 0. The molecule has 13 nitrogen and oxygen atoms in total. The predicted molar refractivity (Wildman–Crippen MR) is 111 cm³/mol. The van der Waals surface area contributed by atoms with Gasteiger partial charge in [-0.3, -0.25) is 4.79 Å². The van der Waals surface area contributed by atoms with Crippen LogP contribution in [0.4, 0.5) is 4.79 Å². The highest BCUT2D eigenvalue weighted by Gasteiger charge is 2.54. The topological polar surface area (TPSA) is 201 Å². The van der Waals surface area contributed by atoms with E-state index in [9.17, 15) is 34.8 Å². The number of nitrogens with one attached hydrogen (secondary N) is 1. The number of aliphatic hydroxyl groups is 5. The Morgan fingerprint density at radius 2 is 1.79 bits per heavy atom. The van der Waals surface area contributed by atoms with E-state index in [0.29, 0.717) is 12.8 Å². The Hall–Kier alpha value is -2.03. The average molecular weight is 494 g/mol. The molecule has 1 saturated heterocycles. The van der Waals surface area contributed by atoms with Crippen molar-refractivity contribution in [1.29, 1.82) is 0 Å². The second-order valence-corrected chi connectivity index (χ2v) is 8.73. The van der Waals surface area contributed by atoms with E-state index in [4.69, 9.17) is 24.1 Å². The van der Waals surface area contributed by atoms with Crippen LogP contribution in [-0.2, 0) is 28.5 Å². The van der Waals surface area contributed by atoms with Crippen LogP contribution >= 0.6 is 0 Å². The zero-order valence-corrected chi connectivity index (χ0v) is 19.3. The molecule has 5 unspecified atom stereocenters. The van der Waals surface area contributed by atoms with Crippen molar-refractivity contribution in [3.8, 4) is 0 Å². The molecule has 1 heterocycles. The van der Waals surface area contributed by atoms with Gasteiger partial charge in [0.2, 0.25) is 12.2 Å². The fourth-order valence-corrected chi connectivity index (χ4v) is 4.19. The van der Waals surface area contributed by atoms with Gasteiger partial charge in [0.05, 0.1) is 30.8 Å². The monoisotopic (exact) mass is 493 g/mol. The Morgan fingerprint density at radius 1 is 1.15 bits per heavy atom. The van der Waals surface area contributed by atoms with Crippen LogP contribution in [0.2, 0.25) is 0 Å². The van der Waals surface area contributed by atoms with Crippen molar-refractivity contribution in [1.82, 2.24) is 5.32 Å². The van der Waals surface area contributed by atoms with Gasteiger partial charge in [-0.2, -0.15) is 0 Å². The lowest BCUT2D eigenvalue weighted by Crippen LogP contribution is -2.61. The van der Waals surface area contributed by atoms with Crippen LogP contribution in [0.5, 0.6) is 0 Å². The SMILES string of the molecule is CC(=O)N[C@@H](O)C1C(O)CC(O)(C(=O)OC(C)OC(=O)OC2CCCCC2)OC1C[C@H](O)CO. The summed E-state index contributed by atoms with van der Waals surface area (Å²) in [7, 11) is 0. The molecular formula is C21H35NO12. The zero-order chi connectivity index (χ0) is 25.5. The lowest BCUT2D eigenvalue weighted by atomic mass is 9.83. The maximum Gasteiger partial charge on any atom is 0.511 e. The summed E-state index contributed by atoms with van der Waals surface area (Å²) in [5.74, 6) is -5.98. The third-order valence-electron chi connectivity index (χ3n) is 5.81. The molecule has 1 saturated carbocycles. The van der Waals surface area contributed by atoms with Gasteiger partial charge in [-0.1, -0.05) is 6.42 Å². The summed E-state index contributed by atoms with van der Waals surface area (Å²) < 4.78 is 20.4. The summed E-state index contributed by atoms with van der Waals surface area (Å²) in [5.41, 5.74) is 0. The van der Waals surface area contributed by atoms with Crippen molar-refractivity contribution in [3.63, 3.8) is 0 Å². The fourth-order valence-electron chi connectivity index (χ4n) is 4.19. The lowest BCUT2D eigenvalue weighted by molar-refractivity contribution is -0.305. The molecular weight excluding hydrogens is 458 g/mol. The molecule has 1 aliphatic heterocycles. The van der Waals surface area contributed by atoms with Crippen LogP contribution in [0.3, 0.4) is 0 Å². The first-order chi connectivity index (χ1) is 15.9. The number of esters is 1. The van der Waals surface area contributed by atoms with E-state index in [-0.39, 0.29) is 6.10 Å². The van der Waals surface area contributed by atoms with Crippen LogP contribution < -0.4 is 5.32 Å². The molecule has 7 atom stereocenters.